The Morgan fingerprint density at radius 2 is 1.95 bits per heavy atom. The zero-order chi connectivity index (χ0) is 15.7. The molecule has 0 saturated carbocycles. The molecular weight excluding hydrogens is 302 g/mol. The van der Waals surface area contributed by atoms with E-state index in [2.05, 4.69) is 15.1 Å². The van der Waals surface area contributed by atoms with Gasteiger partial charge in [-0.25, -0.2) is 22.4 Å². The van der Waals surface area contributed by atoms with Gasteiger partial charge in [0.25, 0.3) is 10.0 Å². The molecule has 7 nitrogen and oxygen atoms in total. The van der Waals surface area contributed by atoms with E-state index in [9.17, 15) is 8.42 Å². The second-order valence-corrected chi connectivity index (χ2v) is 6.66. The number of nitrogens with two attached hydrogens (primary N) is 1. The van der Waals surface area contributed by atoms with Crippen LogP contribution in [0.3, 0.4) is 0 Å². The molecule has 3 rings (SSSR count). The Balaban J connectivity index is 2.13. The van der Waals surface area contributed by atoms with Crippen molar-refractivity contribution in [3.8, 4) is 0 Å². The number of aryl methyl sites for hydroxylation is 1. The van der Waals surface area contributed by atoms with Crippen molar-refractivity contribution < 1.29 is 13.9 Å². The van der Waals surface area contributed by atoms with Gasteiger partial charge in [-0.3, -0.25) is 0 Å². The van der Waals surface area contributed by atoms with Crippen LogP contribution in [0.5, 0.6) is 0 Å². The van der Waals surface area contributed by atoms with Crippen molar-refractivity contribution in [1.82, 2.24) is 13.9 Å². The molecule has 0 atom stereocenters. The summed E-state index contributed by atoms with van der Waals surface area (Å²) in [6.07, 6.45) is 2.92. The second-order valence-electron chi connectivity index (χ2n) is 4.84. The van der Waals surface area contributed by atoms with E-state index in [1.807, 2.05) is 6.92 Å². The summed E-state index contributed by atoms with van der Waals surface area (Å²) in [6, 6.07) is 8.27. The summed E-state index contributed by atoms with van der Waals surface area (Å²) < 4.78 is 26.5. The summed E-state index contributed by atoms with van der Waals surface area (Å²) >= 11 is 0. The number of hydrogen-bond donors (Lipinski definition) is 1. The lowest BCUT2D eigenvalue weighted by molar-refractivity contribution is -0.223. The molecule has 0 radical (unpaired) electrons. The zero-order valence-corrected chi connectivity index (χ0v) is 12.7. The van der Waals surface area contributed by atoms with Crippen LogP contribution in [0.1, 0.15) is 11.3 Å². The van der Waals surface area contributed by atoms with E-state index >= 15 is 0 Å². The number of fused-ring (bicyclic) bond motifs is 1. The number of benzene rings is 1. The lowest BCUT2D eigenvalue weighted by Gasteiger charge is -2.07. The minimum Gasteiger partial charge on any atom is -0.246 e. The van der Waals surface area contributed by atoms with Gasteiger partial charge in [-0.1, -0.05) is 17.7 Å². The van der Waals surface area contributed by atoms with Crippen molar-refractivity contribution in [2.45, 2.75) is 18.4 Å². The van der Waals surface area contributed by atoms with Crippen LogP contribution in [0.2, 0.25) is 0 Å². The Morgan fingerprint density at radius 1 is 1.23 bits per heavy atom. The van der Waals surface area contributed by atoms with E-state index in [4.69, 9.17) is 5.53 Å². The number of rotatable bonds is 4. The van der Waals surface area contributed by atoms with Gasteiger partial charge in [-0.2, -0.15) is 5.53 Å². The van der Waals surface area contributed by atoms with Gasteiger partial charge in [-0.05, 0) is 30.2 Å². The average Bonchev–Trinajstić information content (AvgIpc) is 2.92. The fourth-order valence-electron chi connectivity index (χ4n) is 2.11. The Bertz CT molecular complexity index is 945. The van der Waals surface area contributed by atoms with Crippen LogP contribution in [0.25, 0.3) is 11.2 Å². The van der Waals surface area contributed by atoms with Crippen molar-refractivity contribution in [3.05, 3.63) is 54.0 Å². The van der Waals surface area contributed by atoms with Gasteiger partial charge in [0.05, 0.1) is 16.8 Å². The summed E-state index contributed by atoms with van der Waals surface area (Å²) in [5.74, 6) is 0. The molecule has 0 aliphatic carbocycles. The second kappa shape index (κ2) is 5.30. The van der Waals surface area contributed by atoms with E-state index in [0.717, 1.165) is 9.54 Å². The quantitative estimate of drug-likeness (QED) is 0.715. The van der Waals surface area contributed by atoms with Gasteiger partial charge >= 0.3 is 0 Å². The maximum absolute atomic E-state index is 12.7. The smallest absolute Gasteiger partial charge is 0.246 e. The summed E-state index contributed by atoms with van der Waals surface area (Å²) in [7, 11) is -3.70. The molecule has 2 heterocycles. The van der Waals surface area contributed by atoms with Crippen LogP contribution < -0.4 is 5.53 Å². The molecule has 0 unspecified atom stereocenters. The van der Waals surface area contributed by atoms with Crippen molar-refractivity contribution in [2.75, 3.05) is 0 Å². The third-order valence-corrected chi connectivity index (χ3v) is 4.92. The first kappa shape index (κ1) is 14.3. The van der Waals surface area contributed by atoms with E-state index in [1.54, 1.807) is 30.3 Å². The first-order chi connectivity index (χ1) is 10.5. The lowest BCUT2D eigenvalue weighted by atomic mass is 10.2. The molecule has 0 saturated heterocycles. The predicted octanol–water partition coefficient (Wildman–Crippen LogP) is 0.688. The zero-order valence-electron chi connectivity index (χ0n) is 11.8. The molecule has 0 fully saturated rings. The minimum absolute atomic E-state index is 0.207. The summed E-state index contributed by atoms with van der Waals surface area (Å²) in [4.78, 5) is 8.67. The van der Waals surface area contributed by atoms with E-state index < -0.39 is 10.0 Å². The molecule has 2 aromatic heterocycles. The Hall–Kier alpha value is -2.61. The first-order valence-corrected chi connectivity index (χ1v) is 7.98. The normalized spacial score (nSPS) is 11.7. The van der Waals surface area contributed by atoms with Crippen LogP contribution >= 0.6 is 0 Å². The largest absolute Gasteiger partial charge is 0.269 e. The lowest BCUT2D eigenvalue weighted by Crippen LogP contribution is -2.23. The molecular formula is C14H14N5O2S+. The van der Waals surface area contributed by atoms with Crippen molar-refractivity contribution in [1.29, 1.82) is 0 Å². The number of nitrogens with zero attached hydrogens (tertiary/aromatic N) is 4. The maximum atomic E-state index is 12.7. The molecule has 22 heavy (non-hydrogen) atoms. The highest BCUT2D eigenvalue weighted by molar-refractivity contribution is 7.90. The SMILES string of the molecule is Cc1ccc(S(=O)(=O)n2ccc3nc(CN=[NH2+])cnc32)cc1. The minimum atomic E-state index is -3.70. The van der Waals surface area contributed by atoms with Gasteiger partial charge in [0.2, 0.25) is 0 Å². The van der Waals surface area contributed by atoms with Gasteiger partial charge in [0.1, 0.15) is 12.1 Å². The van der Waals surface area contributed by atoms with Crippen LogP contribution in [0.4, 0.5) is 0 Å². The summed E-state index contributed by atoms with van der Waals surface area (Å²) in [5, 5.41) is 3.50. The Labute approximate surface area is 127 Å². The summed E-state index contributed by atoms with van der Waals surface area (Å²) in [6.45, 7) is 2.13. The van der Waals surface area contributed by atoms with Gasteiger partial charge < -0.3 is 0 Å². The number of aromatic nitrogens is 3. The van der Waals surface area contributed by atoms with Crippen LogP contribution in [0.15, 0.2) is 52.7 Å². The van der Waals surface area contributed by atoms with E-state index in [0.29, 0.717) is 11.2 Å². The van der Waals surface area contributed by atoms with Gasteiger partial charge in [0, 0.05) is 6.20 Å². The maximum Gasteiger partial charge on any atom is 0.269 e. The monoisotopic (exact) mass is 316 g/mol. The van der Waals surface area contributed by atoms with Crippen molar-refractivity contribution in [3.63, 3.8) is 0 Å². The fourth-order valence-corrected chi connectivity index (χ4v) is 3.41. The van der Waals surface area contributed by atoms with Crippen LogP contribution in [-0.4, -0.2) is 22.4 Å². The van der Waals surface area contributed by atoms with E-state index in [1.165, 1.54) is 12.4 Å². The molecule has 3 aromatic rings. The highest BCUT2D eigenvalue weighted by Crippen LogP contribution is 2.20. The van der Waals surface area contributed by atoms with Gasteiger partial charge in [0.15, 0.2) is 5.65 Å². The molecule has 8 heteroatoms. The van der Waals surface area contributed by atoms with E-state index in [-0.39, 0.29) is 17.1 Å². The highest BCUT2D eigenvalue weighted by Gasteiger charge is 2.20. The van der Waals surface area contributed by atoms with Crippen molar-refractivity contribution >= 4 is 21.2 Å². The molecule has 1 aromatic carbocycles. The first-order valence-electron chi connectivity index (χ1n) is 6.54. The molecule has 0 bridgehead atoms. The molecule has 112 valence electrons. The molecule has 0 spiro atoms. The predicted molar refractivity (Wildman–Crippen MR) is 79.3 cm³/mol. The number of hydrogen-bond acceptors (Lipinski definition) is 5. The summed E-state index contributed by atoms with van der Waals surface area (Å²) in [5.41, 5.74) is 7.46. The van der Waals surface area contributed by atoms with Crippen LogP contribution in [-0.2, 0) is 16.6 Å². The van der Waals surface area contributed by atoms with Crippen molar-refractivity contribution in [2.24, 2.45) is 5.11 Å². The van der Waals surface area contributed by atoms with Gasteiger partial charge in [-0.15, -0.1) is 0 Å². The molecule has 0 aliphatic rings. The molecule has 2 N–H and O–H groups in total. The Kier molecular flexibility index (Phi) is 3.45. The third kappa shape index (κ3) is 2.37. The topological polar surface area (TPSA) is 103 Å². The third-order valence-electron chi connectivity index (χ3n) is 3.24. The average molecular weight is 316 g/mol. The standard InChI is InChI=1S/C14H13N5O2S/c1-10-2-4-12(5-3-10)22(20,21)19-7-6-13-14(19)16-8-11(18-13)9-17-15/h2-8,15H,9H2,1H3/p+1. The fraction of sp³-hybridized carbons (Fsp3) is 0.143. The Morgan fingerprint density at radius 3 is 2.64 bits per heavy atom. The molecule has 0 amide bonds. The highest BCUT2D eigenvalue weighted by atomic mass is 32.2. The van der Waals surface area contributed by atoms with Crippen LogP contribution in [0, 0.1) is 6.92 Å². The molecule has 0 aliphatic heterocycles.